The summed E-state index contributed by atoms with van der Waals surface area (Å²) >= 11 is 0. The van der Waals surface area contributed by atoms with Crippen LogP contribution in [-0.4, -0.2) is 54.9 Å². The molecule has 6 atom stereocenters. The highest BCUT2D eigenvalue weighted by molar-refractivity contribution is 7.45. The third-order valence-corrected chi connectivity index (χ3v) is 9.82. The molecule has 0 radical (unpaired) electrons. The molecule has 4 aliphatic rings. The van der Waals surface area contributed by atoms with E-state index in [1.807, 2.05) is 18.2 Å². The van der Waals surface area contributed by atoms with E-state index in [-0.39, 0.29) is 30.5 Å². The standard InChI is InChI=1S/C30H32NO5P/c1-4-11-22(12-5-1)19-32-25-20-33-29-26(21-34-28(25)29)35-37-31-18-10-17-27(31)30(36-37,23-13-6-2-7-14-23)24-15-8-3-9-16-24/h1-9,11-16,25-29H,10,17-21H2/t25-,26-,27+,28?,29?,37+/m1/s1. The SMILES string of the molecule is c1ccc(CO[C@@H]2COC3C2OC[C@H]3O[P@@]2OC(c3ccccc3)(c3ccccc3)[C@@H]3CCCN32)cc1. The molecular weight excluding hydrogens is 485 g/mol. The minimum atomic E-state index is -1.28. The number of rotatable bonds is 7. The molecule has 0 aromatic heterocycles. The Bertz CT molecular complexity index is 1140. The van der Waals surface area contributed by atoms with E-state index in [0.29, 0.717) is 19.8 Å². The van der Waals surface area contributed by atoms with Gasteiger partial charge in [-0.15, -0.1) is 0 Å². The van der Waals surface area contributed by atoms with Gasteiger partial charge in [0, 0.05) is 6.54 Å². The highest BCUT2D eigenvalue weighted by atomic mass is 31.2. The van der Waals surface area contributed by atoms with E-state index in [1.54, 1.807) is 0 Å². The van der Waals surface area contributed by atoms with Crippen LogP contribution in [0.2, 0.25) is 0 Å². The van der Waals surface area contributed by atoms with Crippen molar-refractivity contribution < 1.29 is 23.3 Å². The van der Waals surface area contributed by atoms with Gasteiger partial charge in [-0.05, 0) is 29.5 Å². The zero-order valence-electron chi connectivity index (χ0n) is 20.7. The van der Waals surface area contributed by atoms with Crippen LogP contribution in [0.3, 0.4) is 0 Å². The largest absolute Gasteiger partial charge is 0.370 e. The first-order valence-electron chi connectivity index (χ1n) is 13.3. The second-order valence-electron chi connectivity index (χ2n) is 10.2. The molecule has 37 heavy (non-hydrogen) atoms. The van der Waals surface area contributed by atoms with E-state index in [1.165, 1.54) is 11.1 Å². The monoisotopic (exact) mass is 517 g/mol. The van der Waals surface area contributed by atoms with E-state index < -0.39 is 14.1 Å². The summed E-state index contributed by atoms with van der Waals surface area (Å²) in [7, 11) is -1.28. The Hall–Kier alpha value is -2.15. The van der Waals surface area contributed by atoms with Crippen LogP contribution in [0.5, 0.6) is 0 Å². The lowest BCUT2D eigenvalue weighted by Gasteiger charge is -2.34. The van der Waals surface area contributed by atoms with Crippen LogP contribution in [0.25, 0.3) is 0 Å². The lowest BCUT2D eigenvalue weighted by Crippen LogP contribution is -2.40. The number of hydrogen-bond acceptors (Lipinski definition) is 6. The van der Waals surface area contributed by atoms with E-state index >= 15 is 0 Å². The summed E-state index contributed by atoms with van der Waals surface area (Å²) in [6.07, 6.45) is 1.68. The molecule has 4 saturated heterocycles. The smallest absolute Gasteiger partial charge is 0.260 e. The summed E-state index contributed by atoms with van der Waals surface area (Å²) in [5.74, 6) is 0. The predicted molar refractivity (Wildman–Crippen MR) is 141 cm³/mol. The van der Waals surface area contributed by atoms with Gasteiger partial charge in [0.1, 0.15) is 30.0 Å². The molecule has 0 saturated carbocycles. The van der Waals surface area contributed by atoms with Gasteiger partial charge in [0.25, 0.3) is 8.53 Å². The summed E-state index contributed by atoms with van der Waals surface area (Å²) in [6, 6.07) is 31.7. The van der Waals surface area contributed by atoms with Crippen molar-refractivity contribution in [1.82, 2.24) is 4.67 Å². The fourth-order valence-electron chi connectivity index (χ4n) is 6.26. The third kappa shape index (κ3) is 4.25. The number of fused-ring (bicyclic) bond motifs is 2. The molecule has 7 rings (SSSR count). The van der Waals surface area contributed by atoms with Crippen molar-refractivity contribution in [2.45, 2.75) is 55.5 Å². The van der Waals surface area contributed by atoms with Crippen molar-refractivity contribution >= 4 is 8.53 Å². The lowest BCUT2D eigenvalue weighted by atomic mass is 9.79. The van der Waals surface area contributed by atoms with Gasteiger partial charge in [0.05, 0.1) is 25.9 Å². The average molecular weight is 518 g/mol. The fraction of sp³-hybridized carbons (Fsp3) is 0.400. The Morgan fingerprint density at radius 3 is 2.05 bits per heavy atom. The summed E-state index contributed by atoms with van der Waals surface area (Å²) in [6.45, 7) is 2.54. The van der Waals surface area contributed by atoms with Crippen molar-refractivity contribution in [3.05, 3.63) is 108 Å². The van der Waals surface area contributed by atoms with Crippen LogP contribution in [0.15, 0.2) is 91.0 Å². The van der Waals surface area contributed by atoms with Crippen LogP contribution >= 0.6 is 8.53 Å². The summed E-state index contributed by atoms with van der Waals surface area (Å²) in [5.41, 5.74) is 2.96. The Morgan fingerprint density at radius 1 is 0.784 bits per heavy atom. The summed E-state index contributed by atoms with van der Waals surface area (Å²) in [4.78, 5) is 0. The molecule has 4 heterocycles. The summed E-state index contributed by atoms with van der Waals surface area (Å²) < 4.78 is 34.9. The topological polar surface area (TPSA) is 49.4 Å². The van der Waals surface area contributed by atoms with Gasteiger partial charge in [0.15, 0.2) is 0 Å². The summed E-state index contributed by atoms with van der Waals surface area (Å²) in [5, 5.41) is 0. The normalized spacial score (nSPS) is 32.4. The number of benzene rings is 3. The number of ether oxygens (including phenoxy) is 3. The van der Waals surface area contributed by atoms with Gasteiger partial charge >= 0.3 is 0 Å². The minimum Gasteiger partial charge on any atom is -0.370 e. The maximum absolute atomic E-state index is 7.06. The van der Waals surface area contributed by atoms with Gasteiger partial charge in [-0.3, -0.25) is 0 Å². The van der Waals surface area contributed by atoms with Gasteiger partial charge in [0.2, 0.25) is 0 Å². The van der Waals surface area contributed by atoms with Crippen molar-refractivity contribution in [1.29, 1.82) is 0 Å². The second-order valence-corrected chi connectivity index (χ2v) is 11.6. The maximum atomic E-state index is 7.06. The Balaban J connectivity index is 1.10. The van der Waals surface area contributed by atoms with Crippen LogP contribution in [0.1, 0.15) is 29.5 Å². The molecule has 0 N–H and O–H groups in total. The van der Waals surface area contributed by atoms with E-state index in [0.717, 1.165) is 24.9 Å². The highest BCUT2D eigenvalue weighted by Gasteiger charge is 2.60. The minimum absolute atomic E-state index is 0.0941. The van der Waals surface area contributed by atoms with Crippen LogP contribution in [-0.2, 0) is 35.5 Å². The van der Waals surface area contributed by atoms with Crippen molar-refractivity contribution in [2.24, 2.45) is 0 Å². The Labute approximate surface area is 219 Å². The zero-order valence-corrected chi connectivity index (χ0v) is 21.6. The predicted octanol–water partition coefficient (Wildman–Crippen LogP) is 5.42. The molecule has 0 bridgehead atoms. The van der Waals surface area contributed by atoms with Gasteiger partial charge in [-0.2, -0.15) is 0 Å². The maximum Gasteiger partial charge on any atom is 0.260 e. The molecule has 4 aliphatic heterocycles. The molecule has 0 aliphatic carbocycles. The number of hydrogen-bond donors (Lipinski definition) is 0. The van der Waals surface area contributed by atoms with Crippen molar-refractivity contribution in [3.8, 4) is 0 Å². The second kappa shape index (κ2) is 10.2. The molecule has 4 fully saturated rings. The Morgan fingerprint density at radius 2 is 1.38 bits per heavy atom. The first-order chi connectivity index (χ1) is 18.3. The molecule has 192 valence electrons. The van der Waals surface area contributed by atoms with Gasteiger partial charge in [-0.1, -0.05) is 91.0 Å². The van der Waals surface area contributed by atoms with E-state index in [9.17, 15) is 0 Å². The van der Waals surface area contributed by atoms with Crippen molar-refractivity contribution in [3.63, 3.8) is 0 Å². The first kappa shape index (κ1) is 23.9. The third-order valence-electron chi connectivity index (χ3n) is 8.03. The highest BCUT2D eigenvalue weighted by Crippen LogP contribution is 2.65. The molecule has 0 amide bonds. The van der Waals surface area contributed by atoms with E-state index in [2.05, 4.69) is 77.5 Å². The van der Waals surface area contributed by atoms with Crippen LogP contribution in [0.4, 0.5) is 0 Å². The van der Waals surface area contributed by atoms with E-state index in [4.69, 9.17) is 23.3 Å². The molecule has 3 aromatic rings. The lowest BCUT2D eigenvalue weighted by molar-refractivity contribution is -0.0429. The van der Waals surface area contributed by atoms with Crippen LogP contribution in [0, 0.1) is 0 Å². The Kier molecular flexibility index (Phi) is 6.60. The quantitative estimate of drug-likeness (QED) is 0.390. The van der Waals surface area contributed by atoms with Crippen LogP contribution < -0.4 is 0 Å². The fourth-order valence-corrected chi connectivity index (χ4v) is 8.33. The van der Waals surface area contributed by atoms with Gasteiger partial charge < -0.3 is 23.3 Å². The molecule has 3 aromatic carbocycles. The average Bonchev–Trinajstić information content (AvgIpc) is 3.74. The van der Waals surface area contributed by atoms with Gasteiger partial charge in [-0.25, -0.2) is 4.67 Å². The molecule has 6 nitrogen and oxygen atoms in total. The molecule has 7 heteroatoms. The molecular formula is C30H32NO5P. The zero-order chi connectivity index (χ0) is 24.7. The first-order valence-corrected chi connectivity index (χ1v) is 14.4. The number of nitrogens with zero attached hydrogens (tertiary/aromatic N) is 1. The molecule has 2 unspecified atom stereocenters. The molecule has 0 spiro atoms. The van der Waals surface area contributed by atoms with Crippen molar-refractivity contribution in [2.75, 3.05) is 19.8 Å².